The van der Waals surface area contributed by atoms with Crippen LogP contribution in [0, 0.1) is 20.8 Å². The molecule has 4 nitrogen and oxygen atoms in total. The molecule has 0 aliphatic rings. The second kappa shape index (κ2) is 3.81. The average molecular weight is 210 g/mol. The molecule has 0 bridgehead atoms. The van der Waals surface area contributed by atoms with Crippen LogP contribution in [0.5, 0.6) is 17.2 Å². The van der Waals surface area contributed by atoms with Crippen molar-refractivity contribution in [2.75, 3.05) is 0 Å². The van der Waals surface area contributed by atoms with Crippen LogP contribution in [0.25, 0.3) is 0 Å². The van der Waals surface area contributed by atoms with Crippen LogP contribution < -0.4 is 4.74 Å². The maximum absolute atomic E-state index is 10.8. The summed E-state index contributed by atoms with van der Waals surface area (Å²) < 4.78 is 4.84. The van der Waals surface area contributed by atoms with E-state index >= 15 is 0 Å². The molecule has 82 valence electrons. The van der Waals surface area contributed by atoms with Crippen molar-refractivity contribution in [1.82, 2.24) is 0 Å². The molecule has 0 radical (unpaired) electrons. The van der Waals surface area contributed by atoms with Crippen LogP contribution in [-0.4, -0.2) is 16.2 Å². The zero-order chi connectivity index (χ0) is 11.7. The molecule has 0 heterocycles. The largest absolute Gasteiger partial charge is 0.507 e. The average Bonchev–Trinajstić information content (AvgIpc) is 2.18. The van der Waals surface area contributed by atoms with Crippen molar-refractivity contribution in [3.8, 4) is 17.2 Å². The number of phenols is 2. The summed E-state index contributed by atoms with van der Waals surface area (Å²) >= 11 is 0. The molecular weight excluding hydrogens is 196 g/mol. The summed E-state index contributed by atoms with van der Waals surface area (Å²) in [5, 5.41) is 19.4. The van der Waals surface area contributed by atoms with Gasteiger partial charge in [0.2, 0.25) is 0 Å². The lowest BCUT2D eigenvalue weighted by Gasteiger charge is -2.14. The molecule has 0 amide bonds. The number of hydrogen-bond donors (Lipinski definition) is 2. The monoisotopic (exact) mass is 210 g/mol. The van der Waals surface area contributed by atoms with Gasteiger partial charge >= 0.3 is 5.97 Å². The minimum Gasteiger partial charge on any atom is -0.507 e. The quantitative estimate of drug-likeness (QED) is 0.422. The van der Waals surface area contributed by atoms with Gasteiger partial charge in [0.15, 0.2) is 11.5 Å². The first kappa shape index (κ1) is 11.4. The maximum atomic E-state index is 10.8. The highest BCUT2D eigenvalue weighted by molar-refractivity contribution is 5.73. The highest BCUT2D eigenvalue weighted by atomic mass is 16.5. The number of esters is 1. The van der Waals surface area contributed by atoms with Crippen molar-refractivity contribution in [3.05, 3.63) is 16.7 Å². The Morgan fingerprint density at radius 2 is 1.47 bits per heavy atom. The molecule has 0 saturated heterocycles. The highest BCUT2D eigenvalue weighted by Gasteiger charge is 2.18. The van der Waals surface area contributed by atoms with Crippen LogP contribution in [0.1, 0.15) is 23.6 Å². The van der Waals surface area contributed by atoms with E-state index in [4.69, 9.17) is 4.74 Å². The molecule has 0 unspecified atom stereocenters. The molecule has 0 saturated carbocycles. The van der Waals surface area contributed by atoms with Gasteiger partial charge in [-0.1, -0.05) is 0 Å². The minimum atomic E-state index is -0.531. The molecular formula is C11H14O4. The molecule has 4 heteroatoms. The van der Waals surface area contributed by atoms with E-state index in [9.17, 15) is 15.0 Å². The fourth-order valence-electron chi connectivity index (χ4n) is 1.36. The van der Waals surface area contributed by atoms with Gasteiger partial charge in [0.05, 0.1) is 0 Å². The molecule has 15 heavy (non-hydrogen) atoms. The summed E-state index contributed by atoms with van der Waals surface area (Å²) in [4.78, 5) is 10.8. The van der Waals surface area contributed by atoms with Crippen LogP contribution in [0.2, 0.25) is 0 Å². The summed E-state index contributed by atoms with van der Waals surface area (Å²) in [6.45, 7) is 6.16. The first-order chi connectivity index (χ1) is 6.86. The number of aromatic hydroxyl groups is 2. The van der Waals surface area contributed by atoms with E-state index in [-0.39, 0.29) is 17.2 Å². The van der Waals surface area contributed by atoms with Crippen LogP contribution in [0.15, 0.2) is 0 Å². The number of phenolic OH excluding ortho intramolecular Hbond substituents is 2. The molecule has 0 fully saturated rings. The van der Waals surface area contributed by atoms with Crippen molar-refractivity contribution >= 4 is 5.97 Å². The third-order valence-corrected chi connectivity index (χ3v) is 2.43. The Bertz CT molecular complexity index is 392. The topological polar surface area (TPSA) is 66.8 Å². The summed E-state index contributed by atoms with van der Waals surface area (Å²) in [7, 11) is 0. The first-order valence-corrected chi connectivity index (χ1v) is 4.56. The lowest BCUT2D eigenvalue weighted by atomic mass is 10.0. The number of hydrogen-bond acceptors (Lipinski definition) is 4. The molecule has 0 aliphatic heterocycles. The van der Waals surface area contributed by atoms with Gasteiger partial charge in [-0.15, -0.1) is 0 Å². The number of carbonyl (C=O) groups excluding carboxylic acids is 1. The fraction of sp³-hybridized carbons (Fsp3) is 0.364. The van der Waals surface area contributed by atoms with Crippen LogP contribution in [0.3, 0.4) is 0 Å². The van der Waals surface area contributed by atoms with Gasteiger partial charge < -0.3 is 14.9 Å². The van der Waals surface area contributed by atoms with Gasteiger partial charge in [-0.05, 0) is 26.3 Å². The van der Waals surface area contributed by atoms with Gasteiger partial charge in [-0.25, -0.2) is 0 Å². The molecule has 1 rings (SSSR count). The Kier molecular flexibility index (Phi) is 2.88. The molecule has 0 aliphatic carbocycles. The van der Waals surface area contributed by atoms with Gasteiger partial charge in [0.25, 0.3) is 0 Å². The normalized spacial score (nSPS) is 10.1. The van der Waals surface area contributed by atoms with E-state index in [1.807, 2.05) is 0 Å². The fourth-order valence-corrected chi connectivity index (χ4v) is 1.36. The van der Waals surface area contributed by atoms with E-state index in [1.165, 1.54) is 6.92 Å². The number of benzene rings is 1. The third kappa shape index (κ3) is 1.88. The maximum Gasteiger partial charge on any atom is 0.308 e. The first-order valence-electron chi connectivity index (χ1n) is 4.56. The zero-order valence-electron chi connectivity index (χ0n) is 9.21. The molecule has 0 spiro atoms. The number of ether oxygens (including phenoxy) is 1. The summed E-state index contributed by atoms with van der Waals surface area (Å²) in [6, 6.07) is 0. The Hall–Kier alpha value is -1.71. The predicted octanol–water partition coefficient (Wildman–Crippen LogP) is 1.95. The predicted molar refractivity (Wildman–Crippen MR) is 55.3 cm³/mol. The van der Waals surface area contributed by atoms with Crippen molar-refractivity contribution in [3.63, 3.8) is 0 Å². The third-order valence-electron chi connectivity index (χ3n) is 2.43. The summed E-state index contributed by atoms with van der Waals surface area (Å²) in [6.07, 6.45) is 0. The molecule has 0 aromatic heterocycles. The van der Waals surface area contributed by atoms with Crippen molar-refractivity contribution in [2.24, 2.45) is 0 Å². The molecule has 2 N–H and O–H groups in total. The molecule has 1 aromatic carbocycles. The Labute approximate surface area is 88.1 Å². The van der Waals surface area contributed by atoms with Crippen LogP contribution in [-0.2, 0) is 4.79 Å². The zero-order valence-corrected chi connectivity index (χ0v) is 9.21. The van der Waals surface area contributed by atoms with Crippen LogP contribution >= 0.6 is 0 Å². The minimum absolute atomic E-state index is 0.0306. The van der Waals surface area contributed by atoms with E-state index in [1.54, 1.807) is 20.8 Å². The van der Waals surface area contributed by atoms with Crippen LogP contribution in [0.4, 0.5) is 0 Å². The van der Waals surface area contributed by atoms with Crippen molar-refractivity contribution < 1.29 is 19.7 Å². The highest BCUT2D eigenvalue weighted by Crippen LogP contribution is 2.41. The van der Waals surface area contributed by atoms with Gasteiger partial charge in [0, 0.05) is 18.1 Å². The van der Waals surface area contributed by atoms with Gasteiger partial charge in [-0.2, -0.15) is 0 Å². The second-order valence-electron chi connectivity index (χ2n) is 3.49. The van der Waals surface area contributed by atoms with E-state index in [2.05, 4.69) is 0 Å². The molecule has 1 aromatic rings. The van der Waals surface area contributed by atoms with E-state index < -0.39 is 5.97 Å². The van der Waals surface area contributed by atoms with Gasteiger partial charge in [-0.3, -0.25) is 4.79 Å². The number of rotatable bonds is 1. The number of carbonyl (C=O) groups is 1. The Morgan fingerprint density at radius 3 is 1.93 bits per heavy atom. The SMILES string of the molecule is CC(=O)Oc1c(C)c(O)c(C)c(C)c1O. The van der Waals surface area contributed by atoms with Gasteiger partial charge in [0.1, 0.15) is 5.75 Å². The smallest absolute Gasteiger partial charge is 0.308 e. The lowest BCUT2D eigenvalue weighted by Crippen LogP contribution is -2.04. The summed E-state index contributed by atoms with van der Waals surface area (Å²) in [5.74, 6) is -0.557. The second-order valence-corrected chi connectivity index (χ2v) is 3.49. The molecule has 0 atom stereocenters. The standard InChI is InChI=1S/C11H14O4/c1-5-6(2)10(14)11(15-8(4)12)7(3)9(5)13/h13-14H,1-4H3. The van der Waals surface area contributed by atoms with Crippen molar-refractivity contribution in [1.29, 1.82) is 0 Å². The van der Waals surface area contributed by atoms with E-state index in [0.29, 0.717) is 16.7 Å². The summed E-state index contributed by atoms with van der Waals surface area (Å²) in [5.41, 5.74) is 1.46. The van der Waals surface area contributed by atoms with E-state index in [0.717, 1.165) is 0 Å². The Balaban J connectivity index is 3.45. The lowest BCUT2D eigenvalue weighted by molar-refractivity contribution is -0.132. The van der Waals surface area contributed by atoms with Crippen molar-refractivity contribution in [2.45, 2.75) is 27.7 Å². The Morgan fingerprint density at radius 1 is 1.00 bits per heavy atom.